The van der Waals surface area contributed by atoms with Crippen LogP contribution < -0.4 is 10.1 Å². The first-order valence-corrected chi connectivity index (χ1v) is 9.14. The predicted octanol–water partition coefficient (Wildman–Crippen LogP) is 4.38. The van der Waals surface area contributed by atoms with Crippen LogP contribution in [0.15, 0.2) is 54.6 Å². The summed E-state index contributed by atoms with van der Waals surface area (Å²) in [6.45, 7) is 6.06. The van der Waals surface area contributed by atoms with Gasteiger partial charge in [-0.3, -0.25) is 4.79 Å². The number of benzene rings is 2. The molecule has 0 radical (unpaired) electrons. The highest BCUT2D eigenvalue weighted by atomic mass is 16.5. The average molecular weight is 363 g/mol. The third kappa shape index (κ3) is 4.19. The number of hydrogen-bond acceptors (Lipinski definition) is 3. The first-order valence-electron chi connectivity index (χ1n) is 9.14. The van der Waals surface area contributed by atoms with Gasteiger partial charge in [0.15, 0.2) is 0 Å². The molecule has 1 N–H and O–H groups in total. The van der Waals surface area contributed by atoms with E-state index in [0.717, 1.165) is 34.7 Å². The molecule has 0 saturated carbocycles. The van der Waals surface area contributed by atoms with E-state index in [1.54, 1.807) is 11.8 Å². The van der Waals surface area contributed by atoms with Crippen molar-refractivity contribution in [2.75, 3.05) is 7.11 Å². The molecule has 0 saturated heterocycles. The molecule has 5 heteroatoms. The second-order valence-electron chi connectivity index (χ2n) is 6.68. The number of nitrogens with one attached hydrogen (secondary N) is 1. The molecule has 0 aliphatic heterocycles. The number of aryl methyl sites for hydroxylation is 1. The summed E-state index contributed by atoms with van der Waals surface area (Å²) >= 11 is 0. The van der Waals surface area contributed by atoms with Gasteiger partial charge < -0.3 is 10.1 Å². The summed E-state index contributed by atoms with van der Waals surface area (Å²) in [5, 5.41) is 7.76. The van der Waals surface area contributed by atoms with E-state index in [-0.39, 0.29) is 11.9 Å². The monoisotopic (exact) mass is 363 g/mol. The maximum absolute atomic E-state index is 12.9. The summed E-state index contributed by atoms with van der Waals surface area (Å²) in [7, 11) is 1.63. The Labute approximate surface area is 160 Å². The van der Waals surface area contributed by atoms with Gasteiger partial charge in [0.05, 0.1) is 18.5 Å². The summed E-state index contributed by atoms with van der Waals surface area (Å²) in [6, 6.07) is 17.6. The van der Waals surface area contributed by atoms with Crippen molar-refractivity contribution >= 4 is 5.91 Å². The minimum Gasteiger partial charge on any atom is -0.497 e. The van der Waals surface area contributed by atoms with Crippen molar-refractivity contribution in [3.63, 3.8) is 0 Å². The van der Waals surface area contributed by atoms with Gasteiger partial charge in [-0.2, -0.15) is 5.10 Å². The molecule has 0 aliphatic rings. The highest BCUT2D eigenvalue weighted by molar-refractivity contribution is 5.94. The molecule has 3 aromatic rings. The summed E-state index contributed by atoms with van der Waals surface area (Å²) in [5.74, 6) is 0.621. The largest absolute Gasteiger partial charge is 0.497 e. The van der Waals surface area contributed by atoms with Crippen molar-refractivity contribution in [2.45, 2.75) is 33.2 Å². The summed E-state index contributed by atoms with van der Waals surface area (Å²) < 4.78 is 7.02. The van der Waals surface area contributed by atoms with Gasteiger partial charge in [0.2, 0.25) is 0 Å². The number of amides is 1. The zero-order valence-corrected chi connectivity index (χ0v) is 16.2. The molecule has 0 fully saturated rings. The molecular weight excluding hydrogens is 338 g/mol. The zero-order chi connectivity index (χ0) is 19.4. The lowest BCUT2D eigenvalue weighted by Crippen LogP contribution is -2.33. The van der Waals surface area contributed by atoms with Crippen molar-refractivity contribution in [1.29, 1.82) is 0 Å². The molecule has 5 nitrogen and oxygen atoms in total. The molecule has 3 rings (SSSR count). The van der Waals surface area contributed by atoms with E-state index in [4.69, 9.17) is 9.84 Å². The smallest absolute Gasteiger partial charge is 0.270 e. The molecular formula is C22H25N3O2. The van der Waals surface area contributed by atoms with Gasteiger partial charge in [0.25, 0.3) is 5.91 Å². The molecule has 0 aliphatic carbocycles. The van der Waals surface area contributed by atoms with Crippen molar-refractivity contribution < 1.29 is 9.53 Å². The van der Waals surface area contributed by atoms with Gasteiger partial charge in [-0.05, 0) is 56.2 Å². The molecule has 0 bridgehead atoms. The van der Waals surface area contributed by atoms with Gasteiger partial charge in [-0.1, -0.05) is 31.2 Å². The fraction of sp³-hybridized carbons (Fsp3) is 0.273. The van der Waals surface area contributed by atoms with Crippen molar-refractivity contribution in [3.8, 4) is 22.7 Å². The summed E-state index contributed by atoms with van der Waals surface area (Å²) in [4.78, 5) is 12.9. The Bertz CT molecular complexity index is 946. The molecule has 140 valence electrons. The molecule has 1 heterocycles. The van der Waals surface area contributed by atoms with Crippen LogP contribution in [0.25, 0.3) is 16.9 Å². The number of hydrogen-bond donors (Lipinski definition) is 1. The Hall–Kier alpha value is -3.08. The number of carbonyl (C=O) groups is 1. The second-order valence-corrected chi connectivity index (χ2v) is 6.68. The first kappa shape index (κ1) is 18.7. The summed E-state index contributed by atoms with van der Waals surface area (Å²) in [6.07, 6.45) is 0.868. The Kier molecular flexibility index (Phi) is 5.60. The quantitative estimate of drug-likeness (QED) is 0.707. The Morgan fingerprint density at radius 3 is 2.67 bits per heavy atom. The van der Waals surface area contributed by atoms with Crippen LogP contribution in [-0.4, -0.2) is 28.8 Å². The van der Waals surface area contributed by atoms with Crippen LogP contribution in [0.3, 0.4) is 0 Å². The molecule has 27 heavy (non-hydrogen) atoms. The normalized spacial score (nSPS) is 11.9. The van der Waals surface area contributed by atoms with Crippen LogP contribution in [0.2, 0.25) is 0 Å². The summed E-state index contributed by atoms with van der Waals surface area (Å²) in [5.41, 5.74) is 4.11. The maximum atomic E-state index is 12.9. The van der Waals surface area contributed by atoms with E-state index in [9.17, 15) is 4.79 Å². The minimum absolute atomic E-state index is 0.0960. The van der Waals surface area contributed by atoms with Crippen molar-refractivity contribution in [1.82, 2.24) is 15.1 Å². The standard InChI is InChI=1S/C22H25N3O2/c1-5-16(3)23-22(26)21-14-20(17-9-7-11-19(13-17)27-4)24-25(21)18-10-6-8-15(2)12-18/h6-14,16H,5H2,1-4H3,(H,23,26)/t16-/m0/s1. The van der Waals surface area contributed by atoms with E-state index in [2.05, 4.69) is 5.32 Å². The third-order valence-corrected chi connectivity index (χ3v) is 4.54. The van der Waals surface area contributed by atoms with E-state index >= 15 is 0 Å². The van der Waals surface area contributed by atoms with Crippen LogP contribution in [0, 0.1) is 6.92 Å². The molecule has 1 aromatic heterocycles. The first-order chi connectivity index (χ1) is 13.0. The van der Waals surface area contributed by atoms with Gasteiger partial charge in [0.1, 0.15) is 11.4 Å². The fourth-order valence-electron chi connectivity index (χ4n) is 2.82. The minimum atomic E-state index is -0.132. The van der Waals surface area contributed by atoms with Crippen molar-refractivity contribution in [2.24, 2.45) is 0 Å². The number of ether oxygens (including phenoxy) is 1. The average Bonchev–Trinajstić information content (AvgIpc) is 3.13. The van der Waals surface area contributed by atoms with Gasteiger partial charge in [0, 0.05) is 11.6 Å². The van der Waals surface area contributed by atoms with E-state index in [1.807, 2.05) is 75.4 Å². The van der Waals surface area contributed by atoms with Crippen LogP contribution in [-0.2, 0) is 0 Å². The van der Waals surface area contributed by atoms with Crippen LogP contribution in [0.1, 0.15) is 36.3 Å². The van der Waals surface area contributed by atoms with Gasteiger partial charge in [-0.15, -0.1) is 0 Å². The Morgan fingerprint density at radius 1 is 1.19 bits per heavy atom. The lowest BCUT2D eigenvalue weighted by Gasteiger charge is -2.12. The Balaban J connectivity index is 2.09. The highest BCUT2D eigenvalue weighted by Gasteiger charge is 2.19. The van der Waals surface area contributed by atoms with Crippen LogP contribution in [0.4, 0.5) is 0 Å². The molecule has 0 unspecified atom stereocenters. The number of aromatic nitrogens is 2. The molecule has 2 aromatic carbocycles. The number of methoxy groups -OCH3 is 1. The fourth-order valence-corrected chi connectivity index (χ4v) is 2.82. The van der Waals surface area contributed by atoms with E-state index in [1.165, 1.54) is 0 Å². The molecule has 0 spiro atoms. The number of carbonyl (C=O) groups excluding carboxylic acids is 1. The lowest BCUT2D eigenvalue weighted by atomic mass is 10.1. The van der Waals surface area contributed by atoms with Crippen molar-refractivity contribution in [3.05, 3.63) is 65.9 Å². The topological polar surface area (TPSA) is 56.1 Å². The Morgan fingerprint density at radius 2 is 1.96 bits per heavy atom. The number of nitrogens with zero attached hydrogens (tertiary/aromatic N) is 2. The number of rotatable bonds is 6. The second kappa shape index (κ2) is 8.08. The van der Waals surface area contributed by atoms with Crippen LogP contribution >= 0.6 is 0 Å². The lowest BCUT2D eigenvalue weighted by molar-refractivity contribution is 0.0931. The van der Waals surface area contributed by atoms with Crippen LogP contribution in [0.5, 0.6) is 5.75 Å². The predicted molar refractivity (Wildman–Crippen MR) is 108 cm³/mol. The van der Waals surface area contributed by atoms with Gasteiger partial charge >= 0.3 is 0 Å². The zero-order valence-electron chi connectivity index (χ0n) is 16.2. The highest BCUT2D eigenvalue weighted by Crippen LogP contribution is 2.25. The van der Waals surface area contributed by atoms with Gasteiger partial charge in [-0.25, -0.2) is 4.68 Å². The molecule has 1 amide bonds. The third-order valence-electron chi connectivity index (χ3n) is 4.54. The van der Waals surface area contributed by atoms with E-state index < -0.39 is 0 Å². The molecule has 1 atom stereocenters. The SMILES string of the molecule is CC[C@H](C)NC(=O)c1cc(-c2cccc(OC)c2)nn1-c1cccc(C)c1. The van der Waals surface area contributed by atoms with E-state index in [0.29, 0.717) is 5.69 Å². The maximum Gasteiger partial charge on any atom is 0.270 e.